The van der Waals surface area contributed by atoms with Gasteiger partial charge in [-0.25, -0.2) is 0 Å². The standard InChI is InChI=1S/C21H27O4.Y/c1-15-7-9-17(10-8-15)21(23)25-19-13-11-18(12-14-19)24-20(22)16-5-3-2-4-6-16;/h2,11-17H,3-10H2,1H3;/q-1;. The molecule has 2 aliphatic rings. The first-order valence-corrected chi connectivity index (χ1v) is 9.47. The smallest absolute Gasteiger partial charge is 0.314 e. The van der Waals surface area contributed by atoms with Gasteiger partial charge in [0.25, 0.3) is 0 Å². The molecule has 0 saturated heterocycles. The maximum Gasteiger partial charge on any atom is 0.314 e. The summed E-state index contributed by atoms with van der Waals surface area (Å²) in [6, 6.07) is 6.78. The van der Waals surface area contributed by atoms with E-state index in [1.54, 1.807) is 24.3 Å². The zero-order chi connectivity index (χ0) is 17.6. The van der Waals surface area contributed by atoms with Crippen LogP contribution in [-0.4, -0.2) is 11.9 Å². The molecule has 2 fully saturated rings. The number of ether oxygens (including phenoxy) is 2. The fourth-order valence-electron chi connectivity index (χ4n) is 3.63. The van der Waals surface area contributed by atoms with Gasteiger partial charge >= 0.3 is 11.9 Å². The topological polar surface area (TPSA) is 52.6 Å². The van der Waals surface area contributed by atoms with Crippen LogP contribution < -0.4 is 9.47 Å². The Morgan fingerprint density at radius 1 is 0.808 bits per heavy atom. The van der Waals surface area contributed by atoms with E-state index in [0.717, 1.165) is 51.4 Å². The van der Waals surface area contributed by atoms with Crippen molar-refractivity contribution in [3.8, 4) is 11.5 Å². The summed E-state index contributed by atoms with van der Waals surface area (Å²) >= 11 is 0. The molecule has 0 spiro atoms. The van der Waals surface area contributed by atoms with E-state index in [0.29, 0.717) is 17.4 Å². The van der Waals surface area contributed by atoms with E-state index >= 15 is 0 Å². The van der Waals surface area contributed by atoms with Crippen LogP contribution in [-0.2, 0) is 42.3 Å². The molecule has 2 aliphatic carbocycles. The van der Waals surface area contributed by atoms with Crippen LogP contribution in [0.1, 0.15) is 58.3 Å². The summed E-state index contributed by atoms with van der Waals surface area (Å²) < 4.78 is 10.9. The Kier molecular flexibility index (Phi) is 8.76. The van der Waals surface area contributed by atoms with Gasteiger partial charge in [0.1, 0.15) is 11.5 Å². The van der Waals surface area contributed by atoms with Crippen molar-refractivity contribution < 1.29 is 51.8 Å². The first-order valence-electron chi connectivity index (χ1n) is 9.47. The Morgan fingerprint density at radius 2 is 1.23 bits per heavy atom. The second kappa shape index (κ2) is 10.6. The second-order valence-corrected chi connectivity index (χ2v) is 7.41. The Bertz CT molecular complexity index is 585. The van der Waals surface area contributed by atoms with Crippen LogP contribution in [0.3, 0.4) is 0 Å². The molecular weight excluding hydrogens is 405 g/mol. The molecule has 2 saturated carbocycles. The van der Waals surface area contributed by atoms with Gasteiger partial charge in [0, 0.05) is 32.7 Å². The first kappa shape index (κ1) is 21.6. The summed E-state index contributed by atoms with van der Waals surface area (Å²) in [5, 5.41) is 0. The minimum absolute atomic E-state index is 0. The predicted molar refractivity (Wildman–Crippen MR) is 95.1 cm³/mol. The number of benzene rings is 1. The number of hydrogen-bond acceptors (Lipinski definition) is 4. The first-order chi connectivity index (χ1) is 12.1. The van der Waals surface area contributed by atoms with Crippen LogP contribution in [0.25, 0.3) is 0 Å². The van der Waals surface area contributed by atoms with Crippen molar-refractivity contribution in [1.29, 1.82) is 0 Å². The van der Waals surface area contributed by atoms with Gasteiger partial charge in [-0.15, -0.1) is 0 Å². The zero-order valence-electron chi connectivity index (χ0n) is 15.5. The Hall–Kier alpha value is -0.736. The normalized spacial score (nSPS) is 23.6. The van der Waals surface area contributed by atoms with Crippen molar-refractivity contribution in [2.75, 3.05) is 0 Å². The average molecular weight is 432 g/mol. The van der Waals surface area contributed by atoms with Crippen LogP contribution in [0.5, 0.6) is 11.5 Å². The van der Waals surface area contributed by atoms with Crippen LogP contribution in [0.2, 0.25) is 0 Å². The summed E-state index contributed by atoms with van der Waals surface area (Å²) in [6.45, 7) is 2.23. The molecular formula is C21H27O4Y-. The van der Waals surface area contributed by atoms with E-state index in [2.05, 4.69) is 13.3 Å². The van der Waals surface area contributed by atoms with E-state index in [-0.39, 0.29) is 56.5 Å². The Balaban J connectivity index is 0.00000243. The van der Waals surface area contributed by atoms with Gasteiger partial charge in [-0.2, -0.15) is 12.8 Å². The van der Waals surface area contributed by atoms with Crippen molar-refractivity contribution >= 4 is 11.9 Å². The minimum atomic E-state index is -0.158. The van der Waals surface area contributed by atoms with E-state index in [1.165, 1.54) is 0 Å². The van der Waals surface area contributed by atoms with Gasteiger partial charge in [-0.3, -0.25) is 9.59 Å². The SMILES string of the molecule is CC1CCC(C(=O)Oc2ccc(OC(=O)C3CC[CH-]CC3)cc2)CC1.[Y]. The molecule has 0 N–H and O–H groups in total. The van der Waals surface area contributed by atoms with Gasteiger partial charge < -0.3 is 15.9 Å². The summed E-state index contributed by atoms with van der Waals surface area (Å²) in [5.41, 5.74) is 0. The van der Waals surface area contributed by atoms with E-state index in [1.807, 2.05) is 0 Å². The van der Waals surface area contributed by atoms with Crippen molar-refractivity contribution in [2.24, 2.45) is 17.8 Å². The molecule has 0 heterocycles. The van der Waals surface area contributed by atoms with E-state index in [4.69, 9.17) is 9.47 Å². The van der Waals surface area contributed by atoms with E-state index < -0.39 is 0 Å². The Morgan fingerprint density at radius 3 is 1.69 bits per heavy atom. The number of carbonyl (C=O) groups is 2. The van der Waals surface area contributed by atoms with Crippen LogP contribution in [0.15, 0.2) is 24.3 Å². The van der Waals surface area contributed by atoms with Gasteiger partial charge in [-0.1, -0.05) is 19.8 Å². The van der Waals surface area contributed by atoms with Crippen LogP contribution in [0.4, 0.5) is 0 Å². The molecule has 1 radical (unpaired) electrons. The maximum atomic E-state index is 12.2. The monoisotopic (exact) mass is 432 g/mol. The summed E-state index contributed by atoms with van der Waals surface area (Å²) in [5.74, 6) is 1.43. The van der Waals surface area contributed by atoms with Crippen molar-refractivity contribution in [1.82, 2.24) is 0 Å². The Labute approximate surface area is 181 Å². The summed E-state index contributed by atoms with van der Waals surface area (Å²) in [4.78, 5) is 24.4. The number of carbonyl (C=O) groups excluding carboxylic acids is 2. The minimum Gasteiger partial charge on any atom is -0.426 e. The zero-order valence-corrected chi connectivity index (χ0v) is 18.3. The molecule has 0 bridgehead atoms. The summed E-state index contributed by atoms with van der Waals surface area (Å²) in [6.07, 6.45) is 9.93. The molecule has 1 aromatic carbocycles. The molecule has 4 nitrogen and oxygen atoms in total. The fourth-order valence-corrected chi connectivity index (χ4v) is 3.63. The fraction of sp³-hybridized carbons (Fsp3) is 0.571. The third-order valence-electron chi connectivity index (χ3n) is 5.38. The molecule has 0 aliphatic heterocycles. The summed E-state index contributed by atoms with van der Waals surface area (Å²) in [7, 11) is 0. The van der Waals surface area contributed by atoms with Gasteiger partial charge in [0.05, 0.1) is 11.8 Å². The molecule has 0 atom stereocenters. The largest absolute Gasteiger partial charge is 0.426 e. The number of rotatable bonds is 4. The second-order valence-electron chi connectivity index (χ2n) is 7.41. The molecule has 0 aromatic heterocycles. The molecule has 0 unspecified atom stereocenters. The molecule has 5 heteroatoms. The number of esters is 2. The van der Waals surface area contributed by atoms with Gasteiger partial charge in [0.2, 0.25) is 0 Å². The van der Waals surface area contributed by atoms with Crippen LogP contribution in [0, 0.1) is 24.2 Å². The van der Waals surface area contributed by atoms with Gasteiger partial charge in [-0.05, 0) is 55.9 Å². The van der Waals surface area contributed by atoms with Gasteiger partial charge in [0.15, 0.2) is 0 Å². The molecule has 1 aromatic rings. The van der Waals surface area contributed by atoms with Crippen molar-refractivity contribution in [3.63, 3.8) is 0 Å². The quantitative estimate of drug-likeness (QED) is 0.393. The molecule has 0 amide bonds. The maximum absolute atomic E-state index is 12.2. The molecule has 139 valence electrons. The van der Waals surface area contributed by atoms with E-state index in [9.17, 15) is 9.59 Å². The predicted octanol–water partition coefficient (Wildman–Crippen LogP) is 4.72. The molecule has 3 rings (SSSR count). The number of hydrogen-bond donors (Lipinski definition) is 0. The van der Waals surface area contributed by atoms with Crippen molar-refractivity contribution in [3.05, 3.63) is 30.7 Å². The third kappa shape index (κ3) is 6.16. The third-order valence-corrected chi connectivity index (χ3v) is 5.38. The average Bonchev–Trinajstić information content (AvgIpc) is 2.64. The van der Waals surface area contributed by atoms with Crippen molar-refractivity contribution in [2.45, 2.75) is 58.3 Å². The molecule has 26 heavy (non-hydrogen) atoms. The van der Waals surface area contributed by atoms with Crippen LogP contribution >= 0.6 is 0 Å².